The lowest BCUT2D eigenvalue weighted by atomic mass is 10.1. The molecule has 0 aliphatic rings. The number of carbonyl (C=O) groups excluding carboxylic acids is 1. The van der Waals surface area contributed by atoms with Crippen molar-refractivity contribution in [3.63, 3.8) is 0 Å². The number of hydrogen-bond acceptors (Lipinski definition) is 4. The highest BCUT2D eigenvalue weighted by molar-refractivity contribution is 5.86. The van der Waals surface area contributed by atoms with Crippen molar-refractivity contribution in [1.82, 2.24) is 5.32 Å². The molecule has 0 fully saturated rings. The minimum Gasteiger partial charge on any atom is -0.480 e. The molecule has 0 aliphatic carbocycles. The first kappa shape index (κ1) is 12.9. The first-order chi connectivity index (χ1) is 6.49. The third-order valence-electron chi connectivity index (χ3n) is 1.73. The van der Waals surface area contributed by atoms with E-state index < -0.39 is 24.0 Å². The molecule has 6 N–H and O–H groups in total. The van der Waals surface area contributed by atoms with Gasteiger partial charge in [0.25, 0.3) is 0 Å². The van der Waals surface area contributed by atoms with E-state index in [-0.39, 0.29) is 0 Å². The Bertz CT molecular complexity index is 206. The quantitative estimate of drug-likeness (QED) is 0.425. The second-order valence-corrected chi connectivity index (χ2v) is 3.12. The zero-order valence-electron chi connectivity index (χ0n) is 8.19. The van der Waals surface area contributed by atoms with Crippen molar-refractivity contribution in [2.45, 2.75) is 31.8 Å². The van der Waals surface area contributed by atoms with E-state index in [0.29, 0.717) is 19.4 Å². The molecule has 0 rings (SSSR count). The number of rotatable bonds is 6. The van der Waals surface area contributed by atoms with Gasteiger partial charge in [-0.05, 0) is 26.3 Å². The molecule has 0 aromatic rings. The standard InChI is InChI=1S/C8H17N3O3/c1-5(10)7(12)11-6(8(13)14)3-2-4-9/h5-6H,2-4,9-10H2,1H3,(H,11,12)(H,13,14)/t5-,6-/m1/s1. The molecule has 6 nitrogen and oxygen atoms in total. The van der Waals surface area contributed by atoms with Gasteiger partial charge < -0.3 is 21.9 Å². The molecule has 0 aromatic heterocycles. The van der Waals surface area contributed by atoms with Crippen molar-refractivity contribution < 1.29 is 14.7 Å². The van der Waals surface area contributed by atoms with Gasteiger partial charge >= 0.3 is 5.97 Å². The van der Waals surface area contributed by atoms with Crippen LogP contribution in [0.15, 0.2) is 0 Å². The summed E-state index contributed by atoms with van der Waals surface area (Å²) in [6, 6.07) is -1.59. The van der Waals surface area contributed by atoms with Crippen LogP contribution in [0.1, 0.15) is 19.8 Å². The number of hydrogen-bond donors (Lipinski definition) is 4. The monoisotopic (exact) mass is 203 g/mol. The van der Waals surface area contributed by atoms with Crippen molar-refractivity contribution in [3.8, 4) is 0 Å². The first-order valence-corrected chi connectivity index (χ1v) is 4.48. The number of amides is 1. The maximum absolute atomic E-state index is 11.1. The molecule has 0 radical (unpaired) electrons. The molecule has 0 unspecified atom stereocenters. The Labute approximate surface area is 82.6 Å². The van der Waals surface area contributed by atoms with Crippen LogP contribution < -0.4 is 16.8 Å². The van der Waals surface area contributed by atoms with Crippen molar-refractivity contribution in [2.24, 2.45) is 11.5 Å². The summed E-state index contributed by atoms with van der Waals surface area (Å²) in [6.07, 6.45) is 0.875. The van der Waals surface area contributed by atoms with Gasteiger partial charge in [0.1, 0.15) is 6.04 Å². The summed E-state index contributed by atoms with van der Waals surface area (Å²) < 4.78 is 0. The Hall–Kier alpha value is -1.14. The van der Waals surface area contributed by atoms with Gasteiger partial charge in [0.15, 0.2) is 0 Å². The Morgan fingerprint density at radius 3 is 2.43 bits per heavy atom. The normalized spacial score (nSPS) is 14.5. The molecule has 82 valence electrons. The number of carboxylic acids is 1. The number of carbonyl (C=O) groups is 2. The summed E-state index contributed by atoms with van der Waals surface area (Å²) in [7, 11) is 0. The summed E-state index contributed by atoms with van der Waals surface area (Å²) in [5.74, 6) is -1.53. The Morgan fingerprint density at radius 1 is 1.50 bits per heavy atom. The summed E-state index contributed by atoms with van der Waals surface area (Å²) in [5, 5.41) is 11.1. The highest BCUT2D eigenvalue weighted by Gasteiger charge is 2.20. The van der Waals surface area contributed by atoms with E-state index in [9.17, 15) is 9.59 Å². The molecule has 0 heterocycles. The minimum atomic E-state index is -1.06. The highest BCUT2D eigenvalue weighted by Crippen LogP contribution is 1.96. The Balaban J connectivity index is 4.09. The number of carboxylic acid groups (broad SMARTS) is 1. The van der Waals surface area contributed by atoms with Gasteiger partial charge in [-0.2, -0.15) is 0 Å². The van der Waals surface area contributed by atoms with E-state index in [0.717, 1.165) is 0 Å². The second kappa shape index (κ2) is 6.33. The van der Waals surface area contributed by atoms with Gasteiger partial charge in [-0.1, -0.05) is 0 Å². The van der Waals surface area contributed by atoms with Gasteiger partial charge in [-0.15, -0.1) is 0 Å². The van der Waals surface area contributed by atoms with Crippen LogP contribution in [0.5, 0.6) is 0 Å². The molecule has 0 saturated carbocycles. The highest BCUT2D eigenvalue weighted by atomic mass is 16.4. The number of nitrogens with two attached hydrogens (primary N) is 2. The molecule has 0 aromatic carbocycles. The van der Waals surface area contributed by atoms with Gasteiger partial charge in [-0.3, -0.25) is 4.79 Å². The second-order valence-electron chi connectivity index (χ2n) is 3.12. The topological polar surface area (TPSA) is 118 Å². The number of nitrogens with one attached hydrogen (secondary N) is 1. The fourth-order valence-corrected chi connectivity index (χ4v) is 0.883. The maximum Gasteiger partial charge on any atom is 0.326 e. The van der Waals surface area contributed by atoms with E-state index in [1.807, 2.05) is 0 Å². The molecule has 0 saturated heterocycles. The molecule has 6 heteroatoms. The molecule has 0 spiro atoms. The predicted octanol–water partition coefficient (Wildman–Crippen LogP) is -1.36. The third-order valence-corrected chi connectivity index (χ3v) is 1.73. The zero-order chi connectivity index (χ0) is 11.1. The Kier molecular flexibility index (Phi) is 5.82. The molecule has 0 aliphatic heterocycles. The van der Waals surface area contributed by atoms with Crippen LogP contribution in [0, 0.1) is 0 Å². The van der Waals surface area contributed by atoms with Crippen LogP contribution in [-0.2, 0) is 9.59 Å². The maximum atomic E-state index is 11.1. The van der Waals surface area contributed by atoms with Crippen LogP contribution >= 0.6 is 0 Å². The summed E-state index contributed by atoms with van der Waals surface area (Å²) in [5.41, 5.74) is 10.5. The molecule has 2 atom stereocenters. The summed E-state index contributed by atoms with van der Waals surface area (Å²) >= 11 is 0. The molecular weight excluding hydrogens is 186 g/mol. The van der Waals surface area contributed by atoms with Crippen molar-refractivity contribution >= 4 is 11.9 Å². The smallest absolute Gasteiger partial charge is 0.326 e. The fourth-order valence-electron chi connectivity index (χ4n) is 0.883. The SMILES string of the molecule is C[C@@H](N)C(=O)N[C@H](CCCN)C(=O)O. The largest absolute Gasteiger partial charge is 0.480 e. The van der Waals surface area contributed by atoms with E-state index >= 15 is 0 Å². The Morgan fingerprint density at radius 2 is 2.07 bits per heavy atom. The van der Waals surface area contributed by atoms with Crippen LogP contribution in [0.2, 0.25) is 0 Å². The van der Waals surface area contributed by atoms with Crippen molar-refractivity contribution in [3.05, 3.63) is 0 Å². The van der Waals surface area contributed by atoms with Crippen LogP contribution in [0.4, 0.5) is 0 Å². The van der Waals surface area contributed by atoms with E-state index in [1.54, 1.807) is 0 Å². The van der Waals surface area contributed by atoms with Crippen molar-refractivity contribution in [2.75, 3.05) is 6.54 Å². The minimum absolute atomic E-state index is 0.324. The zero-order valence-corrected chi connectivity index (χ0v) is 8.19. The van der Waals surface area contributed by atoms with Crippen LogP contribution in [0.3, 0.4) is 0 Å². The van der Waals surface area contributed by atoms with E-state index in [2.05, 4.69) is 5.32 Å². The molecule has 1 amide bonds. The first-order valence-electron chi connectivity index (χ1n) is 4.48. The van der Waals surface area contributed by atoms with E-state index in [4.69, 9.17) is 16.6 Å². The van der Waals surface area contributed by atoms with Gasteiger partial charge in [0.05, 0.1) is 6.04 Å². The summed E-state index contributed by atoms with van der Waals surface area (Å²) in [4.78, 5) is 21.8. The van der Waals surface area contributed by atoms with E-state index in [1.165, 1.54) is 6.92 Å². The average molecular weight is 203 g/mol. The lowest BCUT2D eigenvalue weighted by molar-refractivity contribution is -0.142. The molecule has 0 bridgehead atoms. The van der Waals surface area contributed by atoms with Crippen LogP contribution in [0.25, 0.3) is 0 Å². The lowest BCUT2D eigenvalue weighted by Gasteiger charge is -2.15. The lowest BCUT2D eigenvalue weighted by Crippen LogP contribution is -2.47. The third kappa shape index (κ3) is 4.78. The van der Waals surface area contributed by atoms with Crippen LogP contribution in [-0.4, -0.2) is 35.6 Å². The fraction of sp³-hybridized carbons (Fsp3) is 0.750. The average Bonchev–Trinajstić information content (AvgIpc) is 2.10. The number of aliphatic carboxylic acids is 1. The predicted molar refractivity (Wildman–Crippen MR) is 51.5 cm³/mol. The van der Waals surface area contributed by atoms with Gasteiger partial charge in [0.2, 0.25) is 5.91 Å². The summed E-state index contributed by atoms with van der Waals surface area (Å²) in [6.45, 7) is 1.90. The van der Waals surface area contributed by atoms with Gasteiger partial charge in [0, 0.05) is 0 Å². The van der Waals surface area contributed by atoms with Crippen molar-refractivity contribution in [1.29, 1.82) is 0 Å². The molecular formula is C8H17N3O3. The molecule has 14 heavy (non-hydrogen) atoms. The van der Waals surface area contributed by atoms with Gasteiger partial charge in [-0.25, -0.2) is 4.79 Å².